The molecule has 0 radical (unpaired) electrons. The number of nitrogens with zero attached hydrogens (tertiary/aromatic N) is 3. The van der Waals surface area contributed by atoms with Crippen molar-refractivity contribution in [2.45, 2.75) is 6.92 Å². The SMILES string of the molecule is Cc1ccc(-c2ccnc(N3CCNCC3)n2)cc1. The molecule has 3 rings (SSSR count). The van der Waals surface area contributed by atoms with E-state index in [-0.39, 0.29) is 0 Å². The molecule has 1 aliphatic heterocycles. The Bertz CT molecular complexity index is 544. The quantitative estimate of drug-likeness (QED) is 0.888. The topological polar surface area (TPSA) is 41.1 Å². The van der Waals surface area contributed by atoms with Crippen molar-refractivity contribution in [3.8, 4) is 11.3 Å². The maximum atomic E-state index is 4.68. The highest BCUT2D eigenvalue weighted by Gasteiger charge is 2.13. The minimum Gasteiger partial charge on any atom is -0.338 e. The van der Waals surface area contributed by atoms with E-state index in [0.29, 0.717) is 0 Å². The molecule has 0 bridgehead atoms. The molecule has 0 aliphatic carbocycles. The highest BCUT2D eigenvalue weighted by Crippen LogP contribution is 2.19. The third kappa shape index (κ3) is 2.74. The van der Waals surface area contributed by atoms with Crippen LogP contribution in [0.25, 0.3) is 11.3 Å². The van der Waals surface area contributed by atoms with Crippen LogP contribution in [0.4, 0.5) is 5.95 Å². The Morgan fingerprint density at radius 3 is 2.53 bits per heavy atom. The van der Waals surface area contributed by atoms with Gasteiger partial charge in [-0.1, -0.05) is 29.8 Å². The van der Waals surface area contributed by atoms with Crippen molar-refractivity contribution in [3.63, 3.8) is 0 Å². The van der Waals surface area contributed by atoms with Crippen molar-refractivity contribution in [1.82, 2.24) is 15.3 Å². The summed E-state index contributed by atoms with van der Waals surface area (Å²) in [5.74, 6) is 0.833. The number of aromatic nitrogens is 2. The van der Waals surface area contributed by atoms with E-state index in [1.807, 2.05) is 12.3 Å². The van der Waals surface area contributed by atoms with Gasteiger partial charge in [-0.05, 0) is 13.0 Å². The summed E-state index contributed by atoms with van der Waals surface area (Å²) in [6.45, 7) is 6.03. The van der Waals surface area contributed by atoms with Gasteiger partial charge >= 0.3 is 0 Å². The Morgan fingerprint density at radius 2 is 1.79 bits per heavy atom. The number of benzene rings is 1. The molecule has 1 aromatic heterocycles. The maximum Gasteiger partial charge on any atom is 0.225 e. The lowest BCUT2D eigenvalue weighted by molar-refractivity contribution is 0.580. The Hall–Kier alpha value is -1.94. The predicted molar refractivity (Wildman–Crippen MR) is 77.3 cm³/mol. The van der Waals surface area contributed by atoms with Crippen LogP contribution in [0.1, 0.15) is 5.56 Å². The van der Waals surface area contributed by atoms with E-state index in [1.165, 1.54) is 5.56 Å². The van der Waals surface area contributed by atoms with Crippen LogP contribution in [0.15, 0.2) is 36.5 Å². The lowest BCUT2D eigenvalue weighted by atomic mass is 10.1. The zero-order chi connectivity index (χ0) is 13.1. The number of hydrogen-bond acceptors (Lipinski definition) is 4. The van der Waals surface area contributed by atoms with Crippen LogP contribution in [0.5, 0.6) is 0 Å². The summed E-state index contributed by atoms with van der Waals surface area (Å²) in [5.41, 5.74) is 3.40. The summed E-state index contributed by atoms with van der Waals surface area (Å²) in [5, 5.41) is 3.34. The van der Waals surface area contributed by atoms with Gasteiger partial charge in [-0.3, -0.25) is 0 Å². The molecule has 19 heavy (non-hydrogen) atoms. The van der Waals surface area contributed by atoms with Gasteiger partial charge < -0.3 is 10.2 Å². The van der Waals surface area contributed by atoms with Crippen LogP contribution in [0, 0.1) is 6.92 Å². The number of anilines is 1. The van der Waals surface area contributed by atoms with Crippen molar-refractivity contribution in [2.75, 3.05) is 31.1 Å². The van der Waals surface area contributed by atoms with E-state index in [4.69, 9.17) is 0 Å². The normalized spacial score (nSPS) is 15.5. The molecule has 0 amide bonds. The number of rotatable bonds is 2. The first-order chi connectivity index (χ1) is 9.33. The molecule has 98 valence electrons. The van der Waals surface area contributed by atoms with Gasteiger partial charge in [0.15, 0.2) is 0 Å². The summed E-state index contributed by atoms with van der Waals surface area (Å²) < 4.78 is 0. The molecule has 4 heteroatoms. The van der Waals surface area contributed by atoms with Gasteiger partial charge in [-0.15, -0.1) is 0 Å². The van der Waals surface area contributed by atoms with Crippen molar-refractivity contribution in [2.24, 2.45) is 0 Å². The number of aryl methyl sites for hydroxylation is 1. The van der Waals surface area contributed by atoms with Crippen LogP contribution in [0.2, 0.25) is 0 Å². The van der Waals surface area contributed by atoms with E-state index in [0.717, 1.165) is 43.4 Å². The zero-order valence-electron chi connectivity index (χ0n) is 11.1. The smallest absolute Gasteiger partial charge is 0.225 e. The Labute approximate surface area is 113 Å². The fraction of sp³-hybridized carbons (Fsp3) is 0.333. The molecule has 1 saturated heterocycles. The lowest BCUT2D eigenvalue weighted by Gasteiger charge is -2.27. The Kier molecular flexibility index (Phi) is 3.42. The molecule has 1 fully saturated rings. The molecule has 0 unspecified atom stereocenters. The molecule has 4 nitrogen and oxygen atoms in total. The standard InChI is InChI=1S/C15H18N4/c1-12-2-4-13(5-3-12)14-6-7-17-15(18-14)19-10-8-16-9-11-19/h2-7,16H,8-11H2,1H3. The molecule has 1 N–H and O–H groups in total. The van der Waals surface area contributed by atoms with Crippen LogP contribution < -0.4 is 10.2 Å². The molecule has 2 heterocycles. The first-order valence-electron chi connectivity index (χ1n) is 6.69. The summed E-state index contributed by atoms with van der Waals surface area (Å²) in [7, 11) is 0. The minimum absolute atomic E-state index is 0.833. The van der Waals surface area contributed by atoms with E-state index in [1.54, 1.807) is 0 Å². The second kappa shape index (κ2) is 5.36. The summed E-state index contributed by atoms with van der Waals surface area (Å²) >= 11 is 0. The third-order valence-electron chi connectivity index (χ3n) is 3.39. The molecule has 2 aromatic rings. The van der Waals surface area contributed by atoms with Crippen LogP contribution in [0.3, 0.4) is 0 Å². The van der Waals surface area contributed by atoms with Gasteiger partial charge in [0.2, 0.25) is 5.95 Å². The molecular formula is C15H18N4. The van der Waals surface area contributed by atoms with Crippen molar-refractivity contribution in [3.05, 3.63) is 42.1 Å². The highest BCUT2D eigenvalue weighted by atomic mass is 15.3. The van der Waals surface area contributed by atoms with E-state index in [9.17, 15) is 0 Å². The van der Waals surface area contributed by atoms with Gasteiger partial charge in [0.05, 0.1) is 5.69 Å². The third-order valence-corrected chi connectivity index (χ3v) is 3.39. The van der Waals surface area contributed by atoms with Crippen molar-refractivity contribution < 1.29 is 0 Å². The largest absolute Gasteiger partial charge is 0.338 e. The van der Waals surface area contributed by atoms with Crippen LogP contribution >= 0.6 is 0 Å². The van der Waals surface area contributed by atoms with Gasteiger partial charge in [-0.2, -0.15) is 0 Å². The minimum atomic E-state index is 0.833. The monoisotopic (exact) mass is 254 g/mol. The fourth-order valence-electron chi connectivity index (χ4n) is 2.25. The number of hydrogen-bond donors (Lipinski definition) is 1. The Morgan fingerprint density at radius 1 is 1.05 bits per heavy atom. The molecular weight excluding hydrogens is 236 g/mol. The maximum absolute atomic E-state index is 4.68. The second-order valence-corrected chi connectivity index (χ2v) is 4.84. The molecule has 0 saturated carbocycles. The number of nitrogens with one attached hydrogen (secondary N) is 1. The van der Waals surface area contributed by atoms with Gasteiger partial charge in [0.25, 0.3) is 0 Å². The fourth-order valence-corrected chi connectivity index (χ4v) is 2.25. The van der Waals surface area contributed by atoms with Gasteiger partial charge in [0.1, 0.15) is 0 Å². The lowest BCUT2D eigenvalue weighted by Crippen LogP contribution is -2.44. The van der Waals surface area contributed by atoms with E-state index in [2.05, 4.69) is 51.4 Å². The molecule has 0 atom stereocenters. The number of piperazine rings is 1. The van der Waals surface area contributed by atoms with E-state index >= 15 is 0 Å². The predicted octanol–water partition coefficient (Wildman–Crippen LogP) is 1.86. The summed E-state index contributed by atoms with van der Waals surface area (Å²) in [6.07, 6.45) is 1.85. The van der Waals surface area contributed by atoms with Gasteiger partial charge in [0, 0.05) is 37.9 Å². The van der Waals surface area contributed by atoms with Crippen LogP contribution in [-0.2, 0) is 0 Å². The van der Waals surface area contributed by atoms with Crippen LogP contribution in [-0.4, -0.2) is 36.1 Å². The average Bonchev–Trinajstić information content (AvgIpc) is 2.49. The Balaban J connectivity index is 1.88. The summed E-state index contributed by atoms with van der Waals surface area (Å²) in [6, 6.07) is 10.4. The van der Waals surface area contributed by atoms with Crippen molar-refractivity contribution in [1.29, 1.82) is 0 Å². The first-order valence-corrected chi connectivity index (χ1v) is 6.69. The van der Waals surface area contributed by atoms with Crippen molar-refractivity contribution >= 4 is 5.95 Å². The average molecular weight is 254 g/mol. The zero-order valence-corrected chi connectivity index (χ0v) is 11.1. The molecule has 1 aliphatic rings. The molecule has 0 spiro atoms. The van der Waals surface area contributed by atoms with E-state index < -0.39 is 0 Å². The first kappa shape index (κ1) is 12.1. The van der Waals surface area contributed by atoms with Gasteiger partial charge in [-0.25, -0.2) is 9.97 Å². The summed E-state index contributed by atoms with van der Waals surface area (Å²) in [4.78, 5) is 11.3. The highest BCUT2D eigenvalue weighted by molar-refractivity contribution is 5.60. The molecule has 1 aromatic carbocycles. The second-order valence-electron chi connectivity index (χ2n) is 4.84.